The molecule has 1 aliphatic heterocycles. The highest BCUT2D eigenvalue weighted by atomic mass is 16.5. The fourth-order valence-electron chi connectivity index (χ4n) is 6.02. The minimum Gasteiger partial charge on any atom is -0.497 e. The molecule has 8 nitrogen and oxygen atoms in total. The molecule has 4 aromatic rings. The molecule has 202 valence electrons. The van der Waals surface area contributed by atoms with Crippen molar-refractivity contribution in [2.45, 2.75) is 24.0 Å². The van der Waals surface area contributed by atoms with Crippen LogP contribution < -0.4 is 23.7 Å². The van der Waals surface area contributed by atoms with Crippen molar-refractivity contribution >= 4 is 0 Å². The molecule has 8 heteroatoms. The number of terminal acetylenes is 1. The van der Waals surface area contributed by atoms with Crippen molar-refractivity contribution in [3.63, 3.8) is 0 Å². The minimum atomic E-state index is -1.80. The van der Waals surface area contributed by atoms with Gasteiger partial charge in [0, 0.05) is 29.2 Å². The van der Waals surface area contributed by atoms with E-state index in [2.05, 4.69) is 5.92 Å². The maximum absolute atomic E-state index is 13.2. The van der Waals surface area contributed by atoms with Gasteiger partial charge in [-0.15, -0.1) is 6.42 Å². The third-order valence-corrected chi connectivity index (χ3v) is 7.80. The number of rotatable bonds is 7. The topological polar surface area (TPSA) is 92.2 Å². The Balaban J connectivity index is 1.71. The maximum atomic E-state index is 13.2. The Kier molecular flexibility index (Phi) is 6.05. The third-order valence-electron chi connectivity index (χ3n) is 7.80. The maximum Gasteiger partial charge on any atom is 0.222 e. The Bertz CT molecular complexity index is 1630. The van der Waals surface area contributed by atoms with Gasteiger partial charge >= 0.3 is 0 Å². The summed E-state index contributed by atoms with van der Waals surface area (Å²) in [5.41, 5.74) is -0.280. The lowest BCUT2D eigenvalue weighted by Gasteiger charge is -2.38. The summed E-state index contributed by atoms with van der Waals surface area (Å²) in [6, 6.07) is 20.4. The van der Waals surface area contributed by atoms with E-state index in [0.29, 0.717) is 57.1 Å². The average molecular weight is 537 g/mol. The SMILES string of the molecule is C#CCOc1nc(-c2ccccc2)nc2c1[C@@H](C)[C@]1(c3ccc(OC)cc3)Oc3cc(OC)cc(OC)c3[C@]21O. The van der Waals surface area contributed by atoms with Crippen LogP contribution in [0, 0.1) is 12.3 Å². The molecule has 0 fully saturated rings. The second kappa shape index (κ2) is 9.47. The van der Waals surface area contributed by atoms with Crippen LogP contribution in [-0.2, 0) is 11.2 Å². The summed E-state index contributed by atoms with van der Waals surface area (Å²) >= 11 is 0. The van der Waals surface area contributed by atoms with E-state index in [1.54, 1.807) is 33.5 Å². The molecular formula is C32H28N2O6. The Hall–Kier alpha value is -4.74. The van der Waals surface area contributed by atoms with Gasteiger partial charge in [0.1, 0.15) is 23.0 Å². The van der Waals surface area contributed by atoms with E-state index >= 15 is 0 Å². The van der Waals surface area contributed by atoms with Crippen LogP contribution in [0.3, 0.4) is 0 Å². The summed E-state index contributed by atoms with van der Waals surface area (Å²) in [4.78, 5) is 9.77. The number of aliphatic hydroxyl groups is 1. The first-order valence-corrected chi connectivity index (χ1v) is 12.8. The molecule has 0 amide bonds. The molecule has 0 unspecified atom stereocenters. The van der Waals surface area contributed by atoms with Gasteiger partial charge in [0.15, 0.2) is 23.6 Å². The number of aromatic nitrogens is 2. The quantitative estimate of drug-likeness (QED) is 0.336. The lowest BCUT2D eigenvalue weighted by molar-refractivity contribution is -0.0943. The van der Waals surface area contributed by atoms with Crippen molar-refractivity contribution in [3.8, 4) is 52.6 Å². The lowest BCUT2D eigenvalue weighted by atomic mass is 9.72. The van der Waals surface area contributed by atoms with Crippen molar-refractivity contribution in [2.75, 3.05) is 27.9 Å². The fraction of sp³-hybridized carbons (Fsp3) is 0.250. The predicted octanol–water partition coefficient (Wildman–Crippen LogP) is 4.82. The van der Waals surface area contributed by atoms with Gasteiger partial charge in [-0.2, -0.15) is 4.98 Å². The second-order valence-electron chi connectivity index (χ2n) is 9.67. The van der Waals surface area contributed by atoms with Crippen LogP contribution >= 0.6 is 0 Å². The zero-order valence-electron chi connectivity index (χ0n) is 22.6. The smallest absolute Gasteiger partial charge is 0.222 e. The number of methoxy groups -OCH3 is 3. The van der Waals surface area contributed by atoms with E-state index in [-0.39, 0.29) is 6.61 Å². The molecule has 0 saturated heterocycles. The van der Waals surface area contributed by atoms with Gasteiger partial charge in [0.25, 0.3) is 0 Å². The number of benzene rings is 3. The highest BCUT2D eigenvalue weighted by molar-refractivity contribution is 5.69. The minimum absolute atomic E-state index is 0.00364. The number of nitrogens with zero attached hydrogens (tertiary/aromatic N) is 2. The highest BCUT2D eigenvalue weighted by Crippen LogP contribution is 2.69. The second-order valence-corrected chi connectivity index (χ2v) is 9.67. The van der Waals surface area contributed by atoms with Gasteiger partial charge in [-0.3, -0.25) is 0 Å². The molecule has 2 aliphatic rings. The Labute approximate surface area is 232 Å². The first-order valence-electron chi connectivity index (χ1n) is 12.8. The molecule has 6 rings (SSSR count). The molecule has 0 spiro atoms. The van der Waals surface area contributed by atoms with Gasteiger partial charge in [-0.1, -0.05) is 55.3 Å². The molecule has 1 aliphatic carbocycles. The molecule has 3 aromatic carbocycles. The van der Waals surface area contributed by atoms with Crippen molar-refractivity contribution in [1.82, 2.24) is 9.97 Å². The van der Waals surface area contributed by atoms with Crippen LogP contribution in [0.25, 0.3) is 11.4 Å². The molecular weight excluding hydrogens is 508 g/mol. The number of hydrogen-bond acceptors (Lipinski definition) is 8. The summed E-state index contributed by atoms with van der Waals surface area (Å²) < 4.78 is 29.6. The summed E-state index contributed by atoms with van der Waals surface area (Å²) in [5, 5.41) is 13.2. The van der Waals surface area contributed by atoms with E-state index in [4.69, 9.17) is 40.1 Å². The molecule has 1 aromatic heterocycles. The van der Waals surface area contributed by atoms with Gasteiger partial charge in [-0.25, -0.2) is 4.98 Å². The Morgan fingerprint density at radius 3 is 2.33 bits per heavy atom. The van der Waals surface area contributed by atoms with E-state index in [9.17, 15) is 5.11 Å². The van der Waals surface area contributed by atoms with Crippen molar-refractivity contribution in [1.29, 1.82) is 0 Å². The van der Waals surface area contributed by atoms with Gasteiger partial charge in [0.05, 0.1) is 32.6 Å². The molecule has 0 bridgehead atoms. The summed E-state index contributed by atoms with van der Waals surface area (Å²) in [6.45, 7) is 1.96. The summed E-state index contributed by atoms with van der Waals surface area (Å²) in [6.07, 6.45) is 5.56. The summed E-state index contributed by atoms with van der Waals surface area (Å²) in [5.74, 6) is 4.75. The van der Waals surface area contributed by atoms with Crippen molar-refractivity contribution < 1.29 is 28.8 Å². The first kappa shape index (κ1) is 25.5. The van der Waals surface area contributed by atoms with Crippen LogP contribution in [0.15, 0.2) is 66.7 Å². The summed E-state index contributed by atoms with van der Waals surface area (Å²) in [7, 11) is 4.71. The number of fused-ring (bicyclic) bond motifs is 5. The average Bonchev–Trinajstić information content (AvgIpc) is 3.38. The van der Waals surface area contributed by atoms with Gasteiger partial charge < -0.3 is 28.8 Å². The van der Waals surface area contributed by atoms with E-state index < -0.39 is 17.1 Å². The zero-order valence-corrected chi connectivity index (χ0v) is 22.6. The van der Waals surface area contributed by atoms with Crippen LogP contribution in [0.2, 0.25) is 0 Å². The van der Waals surface area contributed by atoms with E-state index in [0.717, 1.165) is 5.56 Å². The molecule has 2 heterocycles. The monoisotopic (exact) mass is 536 g/mol. The van der Waals surface area contributed by atoms with E-state index in [1.807, 2.05) is 61.5 Å². The molecule has 3 atom stereocenters. The predicted molar refractivity (Wildman–Crippen MR) is 148 cm³/mol. The molecule has 0 saturated carbocycles. The fourth-order valence-corrected chi connectivity index (χ4v) is 6.02. The Morgan fingerprint density at radius 2 is 1.68 bits per heavy atom. The van der Waals surface area contributed by atoms with Crippen LogP contribution in [0.4, 0.5) is 0 Å². The standard InChI is InChI=1S/C32H28N2O6/c1-6-16-39-30-26-19(2)32(21-12-14-22(36-3)15-13-21)31(35,27-24(38-5)17-23(37-4)18-25(27)40-32)28(26)33-29(34-30)20-10-8-7-9-11-20/h1,7-15,17-19,35H,16H2,2-5H3/t19-,31+,32-/m1/s1. The van der Waals surface area contributed by atoms with Gasteiger partial charge in [-0.05, 0) is 17.7 Å². The molecule has 1 N–H and O–H groups in total. The Morgan fingerprint density at radius 1 is 0.950 bits per heavy atom. The molecule has 40 heavy (non-hydrogen) atoms. The van der Waals surface area contributed by atoms with Crippen LogP contribution in [-0.4, -0.2) is 43.0 Å². The lowest BCUT2D eigenvalue weighted by Crippen LogP contribution is -2.48. The highest BCUT2D eigenvalue weighted by Gasteiger charge is 2.72. The molecule has 0 radical (unpaired) electrons. The first-order chi connectivity index (χ1) is 19.4. The number of ether oxygens (including phenoxy) is 5. The van der Waals surface area contributed by atoms with Crippen LogP contribution in [0.5, 0.6) is 28.9 Å². The number of hydrogen-bond donors (Lipinski definition) is 1. The zero-order chi connectivity index (χ0) is 28.1. The van der Waals surface area contributed by atoms with Crippen molar-refractivity contribution in [2.24, 2.45) is 0 Å². The normalized spacial score (nSPS) is 21.9. The van der Waals surface area contributed by atoms with E-state index in [1.165, 1.54) is 0 Å². The van der Waals surface area contributed by atoms with Crippen molar-refractivity contribution in [3.05, 3.63) is 89.1 Å². The largest absolute Gasteiger partial charge is 0.497 e. The third kappa shape index (κ3) is 3.38. The van der Waals surface area contributed by atoms with Crippen LogP contribution in [0.1, 0.15) is 35.2 Å². The van der Waals surface area contributed by atoms with Gasteiger partial charge in [0.2, 0.25) is 5.88 Å².